The van der Waals surface area contributed by atoms with E-state index in [9.17, 15) is 4.79 Å². The zero-order chi connectivity index (χ0) is 18.6. The molecule has 0 radical (unpaired) electrons. The number of piperidine rings is 1. The molecule has 2 aliphatic rings. The number of carbonyl (C=O) groups excluding carboxylic acids is 1. The number of hydrogen-bond acceptors (Lipinski definition) is 3. The monoisotopic (exact) mass is 440 g/mol. The van der Waals surface area contributed by atoms with E-state index in [1.54, 1.807) is 0 Å². The van der Waals surface area contributed by atoms with Crippen LogP contribution >= 0.6 is 24.8 Å². The van der Waals surface area contributed by atoms with Crippen molar-refractivity contribution < 1.29 is 4.79 Å². The molecule has 2 aliphatic heterocycles. The number of likely N-dealkylation sites (tertiary alicyclic amines) is 1. The first-order chi connectivity index (χ1) is 13.2. The molecule has 1 aromatic carbocycles. The van der Waals surface area contributed by atoms with Crippen LogP contribution in [0.1, 0.15) is 26.2 Å². The Labute approximate surface area is 186 Å². The molecule has 4 rings (SSSR count). The van der Waals surface area contributed by atoms with E-state index in [2.05, 4.69) is 62.7 Å². The largest absolute Gasteiger partial charge is 0.340 e. The Morgan fingerprint density at radius 1 is 1.00 bits per heavy atom. The molecule has 0 aliphatic carbocycles. The Balaban J connectivity index is 0.00000150. The first-order valence-corrected chi connectivity index (χ1v) is 10.5. The fraction of sp³-hybridized carbons (Fsp3) is 0.591. The Kier molecular flexibility index (Phi) is 9.28. The maximum atomic E-state index is 13.1. The number of halogens is 2. The van der Waals surface area contributed by atoms with Crippen molar-refractivity contribution in [1.29, 1.82) is 0 Å². The molecule has 7 heteroatoms. The van der Waals surface area contributed by atoms with Crippen LogP contribution in [0.5, 0.6) is 0 Å². The van der Waals surface area contributed by atoms with Crippen LogP contribution in [-0.2, 0) is 11.5 Å². The second kappa shape index (κ2) is 11.2. The standard InChI is InChI=1S/C22H32N4O.2ClH/c1-2-10-23-13-15-25(16-14-23)22(27)20-7-5-11-24(17-20)18-26-12-9-19-6-3-4-8-21(19)26;;/h3-4,6,8-9,12,20H,2,5,7,10-11,13-18H2,1H3;2*1H. The lowest BCUT2D eigenvalue weighted by Crippen LogP contribution is -2.52. The molecule has 2 aromatic rings. The predicted octanol–water partition coefficient (Wildman–Crippen LogP) is 3.71. The number of rotatable bonds is 5. The van der Waals surface area contributed by atoms with Gasteiger partial charge in [-0.3, -0.25) is 14.6 Å². The summed E-state index contributed by atoms with van der Waals surface area (Å²) in [5.74, 6) is 0.548. The topological polar surface area (TPSA) is 31.7 Å². The molecule has 162 valence electrons. The smallest absolute Gasteiger partial charge is 0.227 e. The highest BCUT2D eigenvalue weighted by atomic mass is 35.5. The van der Waals surface area contributed by atoms with Crippen LogP contribution < -0.4 is 0 Å². The second-order valence-electron chi connectivity index (χ2n) is 8.07. The first-order valence-electron chi connectivity index (χ1n) is 10.5. The summed E-state index contributed by atoms with van der Waals surface area (Å²) in [7, 11) is 0. The van der Waals surface area contributed by atoms with E-state index in [-0.39, 0.29) is 30.7 Å². The summed E-state index contributed by atoms with van der Waals surface area (Å²) in [5, 5.41) is 1.28. The SMILES string of the molecule is CCCN1CCN(C(=O)C2CCCN(Cn3ccc4ccccc43)C2)CC1.Cl.Cl. The van der Waals surface area contributed by atoms with Gasteiger partial charge in [-0.25, -0.2) is 0 Å². The third-order valence-corrected chi connectivity index (χ3v) is 6.11. The van der Waals surface area contributed by atoms with Gasteiger partial charge < -0.3 is 9.47 Å². The van der Waals surface area contributed by atoms with E-state index in [0.29, 0.717) is 5.91 Å². The van der Waals surface area contributed by atoms with Crippen LogP contribution in [-0.4, -0.2) is 71.0 Å². The molecule has 2 saturated heterocycles. The highest BCUT2D eigenvalue weighted by Gasteiger charge is 2.31. The lowest BCUT2D eigenvalue weighted by Gasteiger charge is -2.39. The van der Waals surface area contributed by atoms with E-state index < -0.39 is 0 Å². The Morgan fingerprint density at radius 3 is 2.52 bits per heavy atom. The normalized spacial score (nSPS) is 20.9. The van der Waals surface area contributed by atoms with E-state index in [4.69, 9.17) is 0 Å². The zero-order valence-electron chi connectivity index (χ0n) is 17.3. The lowest BCUT2D eigenvalue weighted by atomic mass is 9.96. The van der Waals surface area contributed by atoms with Gasteiger partial charge in [-0.15, -0.1) is 24.8 Å². The molecule has 0 spiro atoms. The maximum Gasteiger partial charge on any atom is 0.227 e. The van der Waals surface area contributed by atoms with E-state index in [0.717, 1.165) is 65.3 Å². The molecular formula is C22H34Cl2N4O. The first kappa shape index (κ1) is 24.0. The summed E-state index contributed by atoms with van der Waals surface area (Å²) in [4.78, 5) is 20.1. The number of piperazine rings is 1. The van der Waals surface area contributed by atoms with Gasteiger partial charge in [0.15, 0.2) is 0 Å². The Hall–Kier alpha value is -1.27. The van der Waals surface area contributed by atoms with Crippen molar-refractivity contribution >= 4 is 41.6 Å². The summed E-state index contributed by atoms with van der Waals surface area (Å²) < 4.78 is 2.31. The van der Waals surface area contributed by atoms with Gasteiger partial charge >= 0.3 is 0 Å². The number of fused-ring (bicyclic) bond motifs is 1. The lowest BCUT2D eigenvalue weighted by molar-refractivity contribution is -0.139. The maximum absolute atomic E-state index is 13.1. The van der Waals surface area contributed by atoms with Crippen LogP contribution in [0, 0.1) is 5.92 Å². The summed E-state index contributed by atoms with van der Waals surface area (Å²) >= 11 is 0. The minimum Gasteiger partial charge on any atom is -0.340 e. The number of aromatic nitrogens is 1. The van der Waals surface area contributed by atoms with Crippen molar-refractivity contribution in [1.82, 2.24) is 19.3 Å². The van der Waals surface area contributed by atoms with Crippen molar-refractivity contribution in [3.05, 3.63) is 36.5 Å². The Bertz CT molecular complexity index is 773. The van der Waals surface area contributed by atoms with E-state index in [1.807, 2.05) is 0 Å². The van der Waals surface area contributed by atoms with Gasteiger partial charge in [0.25, 0.3) is 0 Å². The van der Waals surface area contributed by atoms with Crippen LogP contribution in [0.2, 0.25) is 0 Å². The van der Waals surface area contributed by atoms with Gasteiger partial charge in [0.2, 0.25) is 5.91 Å². The molecule has 0 bridgehead atoms. The third-order valence-electron chi connectivity index (χ3n) is 6.11. The summed E-state index contributed by atoms with van der Waals surface area (Å²) in [5.41, 5.74) is 1.28. The fourth-order valence-corrected chi connectivity index (χ4v) is 4.63. The van der Waals surface area contributed by atoms with Crippen molar-refractivity contribution in [3.8, 4) is 0 Å². The number of benzene rings is 1. The number of para-hydroxylation sites is 1. The molecule has 0 saturated carbocycles. The summed E-state index contributed by atoms with van der Waals surface area (Å²) in [6, 6.07) is 10.7. The number of nitrogens with zero attached hydrogens (tertiary/aromatic N) is 4. The zero-order valence-corrected chi connectivity index (χ0v) is 19.0. The van der Waals surface area contributed by atoms with Gasteiger partial charge in [-0.2, -0.15) is 0 Å². The average Bonchev–Trinajstić information content (AvgIpc) is 3.11. The van der Waals surface area contributed by atoms with E-state index >= 15 is 0 Å². The van der Waals surface area contributed by atoms with Gasteiger partial charge in [0, 0.05) is 44.4 Å². The fourth-order valence-electron chi connectivity index (χ4n) is 4.63. The number of carbonyl (C=O) groups is 1. The van der Waals surface area contributed by atoms with Crippen LogP contribution in [0.15, 0.2) is 36.5 Å². The van der Waals surface area contributed by atoms with Crippen molar-refractivity contribution in [2.75, 3.05) is 45.8 Å². The van der Waals surface area contributed by atoms with Crippen LogP contribution in [0.4, 0.5) is 0 Å². The average molecular weight is 441 g/mol. The molecule has 3 heterocycles. The number of hydrogen-bond donors (Lipinski definition) is 0. The van der Waals surface area contributed by atoms with E-state index in [1.165, 1.54) is 17.3 Å². The van der Waals surface area contributed by atoms with Gasteiger partial charge in [0.1, 0.15) is 0 Å². The molecule has 1 aromatic heterocycles. The molecule has 0 N–H and O–H groups in total. The minimum absolute atomic E-state index is 0. The summed E-state index contributed by atoms with van der Waals surface area (Å²) in [6.45, 7) is 10.1. The van der Waals surface area contributed by atoms with Gasteiger partial charge in [-0.1, -0.05) is 25.1 Å². The molecule has 1 unspecified atom stereocenters. The highest BCUT2D eigenvalue weighted by Crippen LogP contribution is 2.22. The number of amides is 1. The molecule has 2 fully saturated rings. The molecule has 1 amide bonds. The van der Waals surface area contributed by atoms with Crippen LogP contribution in [0.3, 0.4) is 0 Å². The second-order valence-corrected chi connectivity index (χ2v) is 8.07. The Morgan fingerprint density at radius 2 is 1.76 bits per heavy atom. The van der Waals surface area contributed by atoms with Gasteiger partial charge in [0.05, 0.1) is 12.6 Å². The third kappa shape index (κ3) is 5.66. The van der Waals surface area contributed by atoms with Crippen molar-refractivity contribution in [2.45, 2.75) is 32.9 Å². The minimum atomic E-state index is 0. The predicted molar refractivity (Wildman–Crippen MR) is 124 cm³/mol. The molecule has 5 nitrogen and oxygen atoms in total. The molecule has 1 atom stereocenters. The summed E-state index contributed by atoms with van der Waals surface area (Å²) in [6.07, 6.45) is 5.52. The van der Waals surface area contributed by atoms with Crippen molar-refractivity contribution in [2.24, 2.45) is 5.92 Å². The quantitative estimate of drug-likeness (QED) is 0.709. The van der Waals surface area contributed by atoms with Crippen LogP contribution in [0.25, 0.3) is 10.9 Å². The molecular weight excluding hydrogens is 407 g/mol. The molecule has 29 heavy (non-hydrogen) atoms. The van der Waals surface area contributed by atoms with Crippen molar-refractivity contribution in [3.63, 3.8) is 0 Å². The highest BCUT2D eigenvalue weighted by molar-refractivity contribution is 5.85. The van der Waals surface area contributed by atoms with Gasteiger partial charge in [-0.05, 0) is 49.9 Å².